The van der Waals surface area contributed by atoms with E-state index < -0.39 is 5.97 Å². The summed E-state index contributed by atoms with van der Waals surface area (Å²) in [7, 11) is 0. The van der Waals surface area contributed by atoms with Gasteiger partial charge in [-0.1, -0.05) is 0 Å². The first-order valence-corrected chi connectivity index (χ1v) is 3.99. The summed E-state index contributed by atoms with van der Waals surface area (Å²) in [6, 6.07) is 0. The van der Waals surface area contributed by atoms with Crippen LogP contribution >= 0.6 is 0 Å². The van der Waals surface area contributed by atoms with E-state index in [2.05, 4.69) is 0 Å². The van der Waals surface area contributed by atoms with Crippen molar-refractivity contribution in [1.29, 1.82) is 0 Å². The van der Waals surface area contributed by atoms with E-state index in [9.17, 15) is 4.79 Å². The summed E-state index contributed by atoms with van der Waals surface area (Å²) in [5.74, 6) is 1.65. The van der Waals surface area contributed by atoms with Crippen LogP contribution in [0.2, 0.25) is 0 Å². The molecular weight excluding hydrogens is 128 g/mol. The van der Waals surface area contributed by atoms with E-state index in [1.807, 2.05) is 0 Å². The highest BCUT2D eigenvalue weighted by molar-refractivity contribution is 5.67. The van der Waals surface area contributed by atoms with Crippen molar-refractivity contribution in [3.8, 4) is 0 Å². The van der Waals surface area contributed by atoms with Crippen LogP contribution in [0.4, 0.5) is 0 Å². The van der Waals surface area contributed by atoms with Gasteiger partial charge in [-0.25, -0.2) is 0 Å². The Labute approximate surface area is 60.2 Å². The summed E-state index contributed by atoms with van der Waals surface area (Å²) >= 11 is 0. The fourth-order valence-corrected chi connectivity index (χ4v) is 1.83. The number of rotatable bonds is 3. The smallest absolute Gasteiger partial charge is 0.303 e. The Morgan fingerprint density at radius 2 is 2.20 bits per heavy atom. The van der Waals surface area contributed by atoms with Crippen LogP contribution in [0.1, 0.15) is 25.7 Å². The SMILES string of the molecule is O=C(O)C[C@H]1C[C@@H]1C1CC1. The molecule has 0 amide bonds. The van der Waals surface area contributed by atoms with Gasteiger partial charge in [0.15, 0.2) is 0 Å². The fourth-order valence-electron chi connectivity index (χ4n) is 1.83. The highest BCUT2D eigenvalue weighted by atomic mass is 16.4. The van der Waals surface area contributed by atoms with Crippen molar-refractivity contribution in [3.05, 3.63) is 0 Å². The van der Waals surface area contributed by atoms with Gasteiger partial charge in [0.2, 0.25) is 0 Å². The number of carboxylic acid groups (broad SMARTS) is 1. The maximum Gasteiger partial charge on any atom is 0.303 e. The molecule has 0 unspecified atom stereocenters. The summed E-state index contributed by atoms with van der Waals surface area (Å²) in [4.78, 5) is 10.2. The van der Waals surface area contributed by atoms with E-state index in [-0.39, 0.29) is 0 Å². The molecule has 0 saturated heterocycles. The molecule has 2 nitrogen and oxygen atoms in total. The lowest BCUT2D eigenvalue weighted by molar-refractivity contribution is -0.137. The molecule has 0 bridgehead atoms. The molecule has 0 aromatic rings. The van der Waals surface area contributed by atoms with Crippen molar-refractivity contribution in [2.75, 3.05) is 0 Å². The molecule has 2 rings (SSSR count). The lowest BCUT2D eigenvalue weighted by Gasteiger charge is -1.90. The molecule has 2 atom stereocenters. The van der Waals surface area contributed by atoms with Crippen molar-refractivity contribution >= 4 is 5.97 Å². The van der Waals surface area contributed by atoms with Gasteiger partial charge in [0.1, 0.15) is 0 Å². The molecule has 0 aromatic heterocycles. The van der Waals surface area contributed by atoms with E-state index in [4.69, 9.17) is 5.11 Å². The zero-order chi connectivity index (χ0) is 7.14. The summed E-state index contributed by atoms with van der Waals surface area (Å²) in [6.45, 7) is 0. The van der Waals surface area contributed by atoms with Gasteiger partial charge in [0.25, 0.3) is 0 Å². The summed E-state index contributed by atoms with van der Waals surface area (Å²) in [5, 5.41) is 8.44. The molecule has 2 fully saturated rings. The first-order valence-electron chi connectivity index (χ1n) is 3.99. The zero-order valence-electron chi connectivity index (χ0n) is 5.92. The number of hydrogen-bond donors (Lipinski definition) is 1. The highest BCUT2D eigenvalue weighted by Crippen LogP contribution is 2.55. The average molecular weight is 140 g/mol. The number of hydrogen-bond acceptors (Lipinski definition) is 1. The van der Waals surface area contributed by atoms with E-state index >= 15 is 0 Å². The average Bonchev–Trinajstić information content (AvgIpc) is 2.49. The molecule has 56 valence electrons. The number of carbonyl (C=O) groups is 1. The molecule has 2 aliphatic rings. The number of aliphatic carboxylic acids is 1. The lowest BCUT2D eigenvalue weighted by atomic mass is 10.2. The topological polar surface area (TPSA) is 37.3 Å². The van der Waals surface area contributed by atoms with Gasteiger partial charge >= 0.3 is 5.97 Å². The second kappa shape index (κ2) is 1.97. The Bertz CT molecular complexity index is 161. The van der Waals surface area contributed by atoms with E-state index in [1.165, 1.54) is 19.3 Å². The quantitative estimate of drug-likeness (QED) is 0.645. The third-order valence-corrected chi connectivity index (χ3v) is 2.64. The molecule has 0 radical (unpaired) electrons. The van der Waals surface area contributed by atoms with Crippen LogP contribution in [0.15, 0.2) is 0 Å². The maximum atomic E-state index is 10.2. The minimum absolute atomic E-state index is 0.418. The first kappa shape index (κ1) is 6.20. The van der Waals surface area contributed by atoms with Crippen LogP contribution in [-0.2, 0) is 4.79 Å². The lowest BCUT2D eigenvalue weighted by Crippen LogP contribution is -1.97. The van der Waals surface area contributed by atoms with Crippen molar-refractivity contribution in [2.24, 2.45) is 17.8 Å². The molecule has 0 spiro atoms. The molecule has 2 saturated carbocycles. The molecule has 2 aliphatic carbocycles. The molecule has 0 aromatic carbocycles. The van der Waals surface area contributed by atoms with Crippen molar-refractivity contribution in [1.82, 2.24) is 0 Å². The van der Waals surface area contributed by atoms with Gasteiger partial charge in [0, 0.05) is 6.42 Å². The predicted octanol–water partition coefficient (Wildman–Crippen LogP) is 1.51. The van der Waals surface area contributed by atoms with Crippen molar-refractivity contribution in [3.63, 3.8) is 0 Å². The minimum Gasteiger partial charge on any atom is -0.481 e. The Hall–Kier alpha value is -0.530. The van der Waals surface area contributed by atoms with Crippen LogP contribution in [0, 0.1) is 17.8 Å². The maximum absolute atomic E-state index is 10.2. The van der Waals surface area contributed by atoms with Crippen LogP contribution in [0.5, 0.6) is 0 Å². The third kappa shape index (κ3) is 1.15. The molecule has 0 aliphatic heterocycles. The zero-order valence-corrected chi connectivity index (χ0v) is 5.92. The normalized spacial score (nSPS) is 37.6. The van der Waals surface area contributed by atoms with Crippen molar-refractivity contribution < 1.29 is 9.90 Å². The molecule has 1 N–H and O–H groups in total. The predicted molar refractivity (Wildman–Crippen MR) is 36.6 cm³/mol. The Kier molecular flexibility index (Phi) is 1.22. The van der Waals surface area contributed by atoms with E-state index in [1.54, 1.807) is 0 Å². The number of carboxylic acids is 1. The van der Waals surface area contributed by atoms with Gasteiger partial charge < -0.3 is 5.11 Å². The van der Waals surface area contributed by atoms with Gasteiger partial charge in [-0.05, 0) is 37.0 Å². The highest BCUT2D eigenvalue weighted by Gasteiger charge is 2.47. The van der Waals surface area contributed by atoms with Gasteiger partial charge in [-0.3, -0.25) is 4.79 Å². The molecule has 0 heterocycles. The van der Waals surface area contributed by atoms with E-state index in [0.717, 1.165) is 11.8 Å². The van der Waals surface area contributed by atoms with Gasteiger partial charge in [-0.15, -0.1) is 0 Å². The minimum atomic E-state index is -0.617. The van der Waals surface area contributed by atoms with Crippen LogP contribution < -0.4 is 0 Å². The van der Waals surface area contributed by atoms with Crippen LogP contribution in [0.25, 0.3) is 0 Å². The third-order valence-electron chi connectivity index (χ3n) is 2.64. The Morgan fingerprint density at radius 1 is 1.50 bits per heavy atom. The second-order valence-electron chi connectivity index (χ2n) is 3.59. The molecule has 10 heavy (non-hydrogen) atoms. The fraction of sp³-hybridized carbons (Fsp3) is 0.875. The largest absolute Gasteiger partial charge is 0.481 e. The summed E-state index contributed by atoms with van der Waals surface area (Å²) < 4.78 is 0. The van der Waals surface area contributed by atoms with Gasteiger partial charge in [0.05, 0.1) is 0 Å². The van der Waals surface area contributed by atoms with Crippen LogP contribution in [0.3, 0.4) is 0 Å². The van der Waals surface area contributed by atoms with Crippen molar-refractivity contribution in [2.45, 2.75) is 25.7 Å². The summed E-state index contributed by atoms with van der Waals surface area (Å²) in [5.41, 5.74) is 0. The summed E-state index contributed by atoms with van der Waals surface area (Å²) in [6.07, 6.45) is 4.33. The standard InChI is InChI=1S/C8H12O2/c9-8(10)4-6-3-7(6)5-1-2-5/h5-7H,1-4H2,(H,9,10)/t6-,7-/m1/s1. The second-order valence-corrected chi connectivity index (χ2v) is 3.59. The molecule has 2 heteroatoms. The Balaban J connectivity index is 1.73. The van der Waals surface area contributed by atoms with E-state index in [0.29, 0.717) is 12.3 Å². The Morgan fingerprint density at radius 3 is 2.70 bits per heavy atom. The molecular formula is C8H12O2. The van der Waals surface area contributed by atoms with Crippen LogP contribution in [-0.4, -0.2) is 11.1 Å². The van der Waals surface area contributed by atoms with Gasteiger partial charge in [-0.2, -0.15) is 0 Å². The first-order chi connectivity index (χ1) is 4.77. The monoisotopic (exact) mass is 140 g/mol.